The maximum Gasteiger partial charge on any atom is 0.416 e. The van der Waals surface area contributed by atoms with Gasteiger partial charge in [0.1, 0.15) is 11.6 Å². The van der Waals surface area contributed by atoms with Gasteiger partial charge in [0.2, 0.25) is 0 Å². The average Bonchev–Trinajstić information content (AvgIpc) is 2.71. The van der Waals surface area contributed by atoms with Crippen LogP contribution >= 0.6 is 0 Å². The first kappa shape index (κ1) is 20.0. The third kappa shape index (κ3) is 5.40. The van der Waals surface area contributed by atoms with Crippen molar-refractivity contribution in [2.45, 2.75) is 6.18 Å². The quantitative estimate of drug-likeness (QED) is 0.383. The summed E-state index contributed by atoms with van der Waals surface area (Å²) in [6.45, 7) is 0. The normalized spacial score (nSPS) is 10.4. The summed E-state index contributed by atoms with van der Waals surface area (Å²) < 4.78 is 57.0. The Kier molecular flexibility index (Phi) is 5.90. The molecule has 0 saturated heterocycles. The fourth-order valence-corrected chi connectivity index (χ4v) is 2.39. The van der Waals surface area contributed by atoms with Crippen LogP contribution in [0.3, 0.4) is 0 Å². The fraction of sp³-hybridized carbons (Fsp3) is 0.0833. The molecule has 29 heavy (non-hydrogen) atoms. The second kappa shape index (κ2) is 8.54. The number of ether oxygens (including phenoxy) is 1. The SMILES string of the molecule is COc1ccc(C#Cc2ccc(C#Cc3ccc(C(F)(F)F)cc3)c(F)c2)cc1. The first-order valence-electron chi connectivity index (χ1n) is 8.50. The minimum atomic E-state index is -4.40. The molecule has 3 aromatic carbocycles. The highest BCUT2D eigenvalue weighted by atomic mass is 19.4. The molecule has 0 atom stereocenters. The first-order valence-corrected chi connectivity index (χ1v) is 8.50. The summed E-state index contributed by atoms with van der Waals surface area (Å²) in [7, 11) is 1.57. The zero-order valence-corrected chi connectivity index (χ0v) is 15.3. The Hall–Kier alpha value is -3.70. The monoisotopic (exact) mass is 394 g/mol. The highest BCUT2D eigenvalue weighted by molar-refractivity contribution is 5.49. The molecule has 5 heteroatoms. The van der Waals surface area contributed by atoms with Crippen LogP contribution in [0.4, 0.5) is 17.6 Å². The number of hydrogen-bond acceptors (Lipinski definition) is 1. The van der Waals surface area contributed by atoms with Gasteiger partial charge in [-0.1, -0.05) is 23.7 Å². The first-order chi connectivity index (χ1) is 13.8. The molecule has 0 spiro atoms. The van der Waals surface area contributed by atoms with Crippen molar-refractivity contribution in [1.29, 1.82) is 0 Å². The van der Waals surface area contributed by atoms with E-state index in [1.165, 1.54) is 24.3 Å². The second-order valence-electron chi connectivity index (χ2n) is 6.00. The number of methoxy groups -OCH3 is 1. The van der Waals surface area contributed by atoms with Crippen molar-refractivity contribution in [3.8, 4) is 29.4 Å². The van der Waals surface area contributed by atoms with Crippen LogP contribution < -0.4 is 4.74 Å². The van der Waals surface area contributed by atoms with E-state index in [1.807, 2.05) is 0 Å². The summed E-state index contributed by atoms with van der Waals surface area (Å²) in [6, 6.07) is 15.9. The van der Waals surface area contributed by atoms with Crippen LogP contribution in [-0.2, 0) is 6.18 Å². The summed E-state index contributed by atoms with van der Waals surface area (Å²) in [5.74, 6) is 11.3. The van der Waals surface area contributed by atoms with Gasteiger partial charge in [-0.15, -0.1) is 0 Å². The van der Waals surface area contributed by atoms with Gasteiger partial charge in [-0.3, -0.25) is 0 Å². The van der Waals surface area contributed by atoms with Gasteiger partial charge in [0, 0.05) is 16.7 Å². The minimum absolute atomic E-state index is 0.139. The molecule has 0 radical (unpaired) electrons. The van der Waals surface area contributed by atoms with Crippen LogP contribution in [-0.4, -0.2) is 7.11 Å². The maximum absolute atomic E-state index is 14.3. The number of rotatable bonds is 1. The Morgan fingerprint density at radius 1 is 0.690 bits per heavy atom. The van der Waals surface area contributed by atoms with Crippen LogP contribution in [0.25, 0.3) is 0 Å². The number of halogens is 4. The molecule has 0 saturated carbocycles. The molecule has 3 rings (SSSR count). The van der Waals surface area contributed by atoms with E-state index < -0.39 is 17.6 Å². The van der Waals surface area contributed by atoms with Crippen molar-refractivity contribution in [2.75, 3.05) is 7.11 Å². The average molecular weight is 394 g/mol. The lowest BCUT2D eigenvalue weighted by molar-refractivity contribution is -0.137. The van der Waals surface area contributed by atoms with Gasteiger partial charge in [0.25, 0.3) is 0 Å². The Morgan fingerprint density at radius 2 is 1.21 bits per heavy atom. The van der Waals surface area contributed by atoms with E-state index in [4.69, 9.17) is 4.74 Å². The third-order valence-corrected chi connectivity index (χ3v) is 3.96. The summed E-state index contributed by atoms with van der Waals surface area (Å²) >= 11 is 0. The van der Waals surface area contributed by atoms with Crippen molar-refractivity contribution >= 4 is 0 Å². The second-order valence-corrected chi connectivity index (χ2v) is 6.00. The molecular formula is C24H14F4O. The molecule has 0 fully saturated rings. The van der Waals surface area contributed by atoms with Crippen molar-refractivity contribution in [3.63, 3.8) is 0 Å². The number of benzene rings is 3. The smallest absolute Gasteiger partial charge is 0.416 e. The van der Waals surface area contributed by atoms with Crippen molar-refractivity contribution in [2.24, 2.45) is 0 Å². The van der Waals surface area contributed by atoms with Gasteiger partial charge >= 0.3 is 6.18 Å². The highest BCUT2D eigenvalue weighted by Crippen LogP contribution is 2.29. The van der Waals surface area contributed by atoms with Gasteiger partial charge < -0.3 is 4.74 Å². The Bertz CT molecular complexity index is 1120. The van der Waals surface area contributed by atoms with E-state index in [-0.39, 0.29) is 5.56 Å². The van der Waals surface area contributed by atoms with Crippen LogP contribution in [0, 0.1) is 29.5 Å². The van der Waals surface area contributed by atoms with E-state index in [0.29, 0.717) is 11.1 Å². The molecule has 144 valence electrons. The molecule has 0 unspecified atom stereocenters. The summed E-state index contributed by atoms with van der Waals surface area (Å²) in [5, 5.41) is 0. The maximum atomic E-state index is 14.3. The molecule has 0 N–H and O–H groups in total. The zero-order valence-electron chi connectivity index (χ0n) is 15.3. The highest BCUT2D eigenvalue weighted by Gasteiger charge is 2.29. The summed E-state index contributed by atoms with van der Waals surface area (Å²) in [5.41, 5.74) is 0.991. The van der Waals surface area contributed by atoms with E-state index in [1.54, 1.807) is 37.4 Å². The lowest BCUT2D eigenvalue weighted by Crippen LogP contribution is -2.04. The number of hydrogen-bond donors (Lipinski definition) is 0. The minimum Gasteiger partial charge on any atom is -0.497 e. The molecule has 1 nitrogen and oxygen atoms in total. The molecule has 0 bridgehead atoms. The topological polar surface area (TPSA) is 9.23 Å². The van der Waals surface area contributed by atoms with Gasteiger partial charge in [-0.25, -0.2) is 4.39 Å². The lowest BCUT2D eigenvalue weighted by atomic mass is 10.1. The Balaban J connectivity index is 1.75. The van der Waals surface area contributed by atoms with Crippen LogP contribution in [0.5, 0.6) is 5.75 Å². The van der Waals surface area contributed by atoms with Crippen LogP contribution in [0.2, 0.25) is 0 Å². The molecule has 0 amide bonds. The van der Waals surface area contributed by atoms with E-state index >= 15 is 0 Å². The van der Waals surface area contributed by atoms with E-state index in [0.717, 1.165) is 23.4 Å². The predicted octanol–water partition coefficient (Wildman–Crippen LogP) is 5.65. The molecule has 0 aliphatic heterocycles. The van der Waals surface area contributed by atoms with Gasteiger partial charge in [0.05, 0.1) is 18.2 Å². The van der Waals surface area contributed by atoms with E-state index in [2.05, 4.69) is 23.7 Å². The summed E-state index contributed by atoms with van der Waals surface area (Å²) in [6.07, 6.45) is -4.40. The molecule has 0 aliphatic rings. The molecular weight excluding hydrogens is 380 g/mol. The molecule has 3 aromatic rings. The van der Waals surface area contributed by atoms with Crippen molar-refractivity contribution in [1.82, 2.24) is 0 Å². The fourth-order valence-electron chi connectivity index (χ4n) is 2.39. The van der Waals surface area contributed by atoms with Crippen molar-refractivity contribution < 1.29 is 22.3 Å². The van der Waals surface area contributed by atoms with E-state index in [9.17, 15) is 17.6 Å². The standard InChI is InChI=1S/C24H14F4O/c1-29-22-14-8-17(9-15-22)2-3-19-5-11-20(23(25)16-19)10-4-18-6-12-21(13-7-18)24(26,27)28/h5-9,11-16H,1H3. The largest absolute Gasteiger partial charge is 0.497 e. The van der Waals surface area contributed by atoms with Crippen LogP contribution in [0.15, 0.2) is 66.7 Å². The summed E-state index contributed by atoms with van der Waals surface area (Å²) in [4.78, 5) is 0. The van der Waals surface area contributed by atoms with Crippen LogP contribution in [0.1, 0.15) is 27.8 Å². The molecule has 0 aliphatic carbocycles. The Morgan fingerprint density at radius 3 is 1.76 bits per heavy atom. The lowest BCUT2D eigenvalue weighted by Gasteiger charge is -2.05. The molecule has 0 heterocycles. The molecule has 0 aromatic heterocycles. The zero-order chi connectivity index (χ0) is 20.9. The van der Waals surface area contributed by atoms with Gasteiger partial charge in [-0.2, -0.15) is 13.2 Å². The third-order valence-electron chi connectivity index (χ3n) is 3.96. The van der Waals surface area contributed by atoms with Gasteiger partial charge in [-0.05, 0) is 66.7 Å². The predicted molar refractivity (Wildman–Crippen MR) is 103 cm³/mol. The Labute approximate surface area is 166 Å². The number of alkyl halides is 3. The van der Waals surface area contributed by atoms with Gasteiger partial charge in [0.15, 0.2) is 0 Å². The van der Waals surface area contributed by atoms with Crippen molar-refractivity contribution in [3.05, 3.63) is 100 Å².